The molecule has 1 aromatic carbocycles. The smallest absolute Gasteiger partial charge is 0.244 e. The molecule has 0 spiro atoms. The molecular formula is C18H21NO3. The molecule has 1 N–H and O–H groups in total. The second kappa shape index (κ2) is 7.50. The third-order valence-corrected chi connectivity index (χ3v) is 3.38. The van der Waals surface area contributed by atoms with Crippen LogP contribution < -0.4 is 10.1 Å². The second-order valence-electron chi connectivity index (χ2n) is 5.35. The Labute approximate surface area is 130 Å². The van der Waals surface area contributed by atoms with Gasteiger partial charge in [-0.05, 0) is 41.8 Å². The van der Waals surface area contributed by atoms with Crippen LogP contribution in [0.25, 0.3) is 6.08 Å². The van der Waals surface area contributed by atoms with Crippen LogP contribution in [-0.2, 0) is 4.79 Å². The van der Waals surface area contributed by atoms with Gasteiger partial charge in [-0.1, -0.05) is 26.0 Å². The average Bonchev–Trinajstić information content (AvgIpc) is 3.04. The van der Waals surface area contributed by atoms with Crippen molar-refractivity contribution in [2.24, 2.45) is 5.92 Å². The van der Waals surface area contributed by atoms with E-state index in [1.54, 1.807) is 31.6 Å². The maximum atomic E-state index is 12.1. The van der Waals surface area contributed by atoms with Gasteiger partial charge < -0.3 is 14.5 Å². The highest BCUT2D eigenvalue weighted by Crippen LogP contribution is 2.23. The minimum Gasteiger partial charge on any atom is -0.497 e. The largest absolute Gasteiger partial charge is 0.497 e. The summed E-state index contributed by atoms with van der Waals surface area (Å²) >= 11 is 0. The molecule has 22 heavy (non-hydrogen) atoms. The first kappa shape index (κ1) is 15.9. The molecule has 1 atom stereocenters. The lowest BCUT2D eigenvalue weighted by Crippen LogP contribution is -2.30. The van der Waals surface area contributed by atoms with Crippen LogP contribution in [-0.4, -0.2) is 13.0 Å². The van der Waals surface area contributed by atoms with Gasteiger partial charge in [0.1, 0.15) is 11.5 Å². The van der Waals surface area contributed by atoms with E-state index in [9.17, 15) is 4.79 Å². The van der Waals surface area contributed by atoms with E-state index in [4.69, 9.17) is 9.15 Å². The van der Waals surface area contributed by atoms with Gasteiger partial charge in [-0.25, -0.2) is 0 Å². The second-order valence-corrected chi connectivity index (χ2v) is 5.35. The van der Waals surface area contributed by atoms with Crippen LogP contribution in [0.2, 0.25) is 0 Å². The summed E-state index contributed by atoms with van der Waals surface area (Å²) in [6, 6.07) is 11.3. The highest BCUT2D eigenvalue weighted by molar-refractivity contribution is 5.91. The van der Waals surface area contributed by atoms with Crippen molar-refractivity contribution in [2.75, 3.05) is 7.11 Å². The van der Waals surface area contributed by atoms with Crippen LogP contribution >= 0.6 is 0 Å². The lowest BCUT2D eigenvalue weighted by molar-refractivity contribution is -0.117. The summed E-state index contributed by atoms with van der Waals surface area (Å²) in [5.41, 5.74) is 1.05. The molecule has 0 aliphatic rings. The number of hydrogen-bond donors (Lipinski definition) is 1. The molecule has 0 bridgehead atoms. The molecule has 0 fully saturated rings. The Bertz CT molecular complexity index is 612. The summed E-state index contributed by atoms with van der Waals surface area (Å²) < 4.78 is 10.3. The van der Waals surface area contributed by atoms with Crippen LogP contribution in [0.4, 0.5) is 0 Å². The Balaban J connectivity index is 2.06. The summed E-state index contributed by atoms with van der Waals surface area (Å²) in [6.07, 6.45) is 4.71. The Hall–Kier alpha value is -2.49. The summed E-state index contributed by atoms with van der Waals surface area (Å²) in [6.45, 7) is 4.15. The van der Waals surface area contributed by atoms with Crippen LogP contribution in [0, 0.1) is 5.92 Å². The first-order chi connectivity index (χ1) is 10.6. The molecule has 116 valence electrons. The number of furan rings is 1. The maximum Gasteiger partial charge on any atom is 0.244 e. The lowest BCUT2D eigenvalue weighted by Gasteiger charge is -2.22. The van der Waals surface area contributed by atoms with E-state index >= 15 is 0 Å². The minimum atomic E-state index is -0.147. The Morgan fingerprint density at radius 3 is 2.50 bits per heavy atom. The van der Waals surface area contributed by atoms with Gasteiger partial charge in [0.15, 0.2) is 0 Å². The molecular weight excluding hydrogens is 278 g/mol. The zero-order valence-corrected chi connectivity index (χ0v) is 13.1. The van der Waals surface area contributed by atoms with Crippen molar-refractivity contribution in [1.29, 1.82) is 0 Å². The molecule has 1 amide bonds. The first-order valence-corrected chi connectivity index (χ1v) is 7.26. The van der Waals surface area contributed by atoms with Crippen LogP contribution in [0.3, 0.4) is 0 Å². The molecule has 2 rings (SSSR count). The summed E-state index contributed by atoms with van der Waals surface area (Å²) in [5.74, 6) is 1.58. The topological polar surface area (TPSA) is 51.5 Å². The Morgan fingerprint density at radius 1 is 1.23 bits per heavy atom. The Morgan fingerprint density at radius 2 is 1.95 bits per heavy atom. The fourth-order valence-electron chi connectivity index (χ4n) is 2.19. The van der Waals surface area contributed by atoms with E-state index in [-0.39, 0.29) is 17.9 Å². The predicted octanol–water partition coefficient (Wildman–Crippen LogP) is 3.81. The van der Waals surface area contributed by atoms with Crippen molar-refractivity contribution >= 4 is 12.0 Å². The van der Waals surface area contributed by atoms with Crippen molar-refractivity contribution in [1.82, 2.24) is 5.32 Å². The van der Waals surface area contributed by atoms with Gasteiger partial charge in [0.05, 0.1) is 19.4 Å². The third kappa shape index (κ3) is 4.25. The van der Waals surface area contributed by atoms with Crippen molar-refractivity contribution < 1.29 is 13.9 Å². The fraction of sp³-hybridized carbons (Fsp3) is 0.278. The monoisotopic (exact) mass is 299 g/mol. The average molecular weight is 299 g/mol. The molecule has 1 heterocycles. The number of benzene rings is 1. The van der Waals surface area contributed by atoms with E-state index in [0.29, 0.717) is 5.76 Å². The number of methoxy groups -OCH3 is 1. The first-order valence-electron chi connectivity index (χ1n) is 7.26. The van der Waals surface area contributed by atoms with Gasteiger partial charge in [-0.15, -0.1) is 0 Å². The highest BCUT2D eigenvalue weighted by atomic mass is 16.5. The summed E-state index contributed by atoms with van der Waals surface area (Å²) in [5, 5.41) is 3.02. The normalized spacial score (nSPS) is 12.5. The SMILES string of the molecule is COc1ccc([C@H](NC(=O)/C=C/c2ccco2)C(C)C)cc1. The van der Waals surface area contributed by atoms with Gasteiger partial charge in [-0.3, -0.25) is 4.79 Å². The number of carbonyl (C=O) groups excluding carboxylic acids is 1. The van der Waals surface area contributed by atoms with Crippen LogP contribution in [0.5, 0.6) is 5.75 Å². The van der Waals surface area contributed by atoms with E-state index < -0.39 is 0 Å². The van der Waals surface area contributed by atoms with Crippen LogP contribution in [0.1, 0.15) is 31.2 Å². The number of ether oxygens (including phenoxy) is 1. The van der Waals surface area contributed by atoms with Gasteiger partial charge in [0.2, 0.25) is 5.91 Å². The number of rotatable bonds is 6. The number of nitrogens with one attached hydrogen (secondary N) is 1. The van der Waals surface area contributed by atoms with Crippen LogP contribution in [0.15, 0.2) is 53.2 Å². The molecule has 2 aromatic rings. The molecule has 0 aliphatic carbocycles. The zero-order chi connectivity index (χ0) is 15.9. The van der Waals surface area contributed by atoms with E-state index in [2.05, 4.69) is 19.2 Å². The minimum absolute atomic E-state index is 0.0559. The Kier molecular flexibility index (Phi) is 5.42. The standard InChI is InChI=1S/C18H21NO3/c1-13(2)18(14-6-8-15(21-3)9-7-14)19-17(20)11-10-16-5-4-12-22-16/h4-13,18H,1-3H3,(H,19,20)/b11-10+/t18-/m1/s1. The number of carbonyl (C=O) groups is 1. The number of amides is 1. The van der Waals surface area contributed by atoms with Crippen molar-refractivity contribution in [2.45, 2.75) is 19.9 Å². The highest BCUT2D eigenvalue weighted by Gasteiger charge is 2.17. The summed E-state index contributed by atoms with van der Waals surface area (Å²) in [4.78, 5) is 12.1. The fourth-order valence-corrected chi connectivity index (χ4v) is 2.19. The predicted molar refractivity (Wildman–Crippen MR) is 86.5 cm³/mol. The van der Waals surface area contributed by atoms with Gasteiger partial charge >= 0.3 is 0 Å². The molecule has 0 saturated carbocycles. The van der Waals surface area contributed by atoms with Gasteiger partial charge in [0, 0.05) is 6.08 Å². The lowest BCUT2D eigenvalue weighted by atomic mass is 9.96. The van der Waals surface area contributed by atoms with E-state index in [1.807, 2.05) is 24.3 Å². The van der Waals surface area contributed by atoms with Crippen molar-refractivity contribution in [3.8, 4) is 5.75 Å². The zero-order valence-electron chi connectivity index (χ0n) is 13.1. The van der Waals surface area contributed by atoms with Gasteiger partial charge in [0.25, 0.3) is 0 Å². The molecule has 0 aliphatic heterocycles. The van der Waals surface area contributed by atoms with E-state index in [0.717, 1.165) is 11.3 Å². The molecule has 4 heteroatoms. The molecule has 0 saturated heterocycles. The third-order valence-electron chi connectivity index (χ3n) is 3.38. The molecule has 4 nitrogen and oxygen atoms in total. The quantitative estimate of drug-likeness (QED) is 0.825. The molecule has 0 radical (unpaired) electrons. The summed E-state index contributed by atoms with van der Waals surface area (Å²) in [7, 11) is 1.64. The molecule has 0 unspecified atom stereocenters. The molecule has 1 aromatic heterocycles. The van der Waals surface area contributed by atoms with E-state index in [1.165, 1.54) is 6.08 Å². The maximum absolute atomic E-state index is 12.1. The number of hydrogen-bond acceptors (Lipinski definition) is 3. The van der Waals surface area contributed by atoms with Crippen molar-refractivity contribution in [3.63, 3.8) is 0 Å². The van der Waals surface area contributed by atoms with Crippen molar-refractivity contribution in [3.05, 3.63) is 60.1 Å². The van der Waals surface area contributed by atoms with Gasteiger partial charge in [-0.2, -0.15) is 0 Å².